The molecule has 0 spiro atoms. The standard InChI is InChI=1S/C8H14O2/c1-4-5-8(9)7(2)6-10-3/h4,8-9H,1-2,5-6H2,3H3. The number of rotatable bonds is 5. The van der Waals surface area contributed by atoms with Crippen LogP contribution in [0.3, 0.4) is 0 Å². The summed E-state index contributed by atoms with van der Waals surface area (Å²) in [6, 6.07) is 0. The van der Waals surface area contributed by atoms with Crippen LogP contribution in [-0.2, 0) is 4.74 Å². The molecule has 0 aromatic heterocycles. The number of ether oxygens (including phenoxy) is 1. The smallest absolute Gasteiger partial charge is 0.0803 e. The predicted octanol–water partition coefficient (Wildman–Crippen LogP) is 1.13. The Morgan fingerprint density at radius 1 is 1.80 bits per heavy atom. The lowest BCUT2D eigenvalue weighted by atomic mass is 10.1. The van der Waals surface area contributed by atoms with Crippen LogP contribution in [0.25, 0.3) is 0 Å². The number of hydrogen-bond donors (Lipinski definition) is 1. The van der Waals surface area contributed by atoms with Gasteiger partial charge < -0.3 is 9.84 Å². The third-order valence-corrected chi connectivity index (χ3v) is 1.19. The first-order chi connectivity index (χ1) is 4.72. The topological polar surface area (TPSA) is 29.5 Å². The molecule has 0 radical (unpaired) electrons. The molecule has 10 heavy (non-hydrogen) atoms. The van der Waals surface area contributed by atoms with E-state index in [2.05, 4.69) is 13.2 Å². The van der Waals surface area contributed by atoms with Gasteiger partial charge in [-0.2, -0.15) is 0 Å². The van der Waals surface area contributed by atoms with Crippen LogP contribution in [0.4, 0.5) is 0 Å². The fourth-order valence-corrected chi connectivity index (χ4v) is 0.606. The van der Waals surface area contributed by atoms with Crippen molar-refractivity contribution in [3.05, 3.63) is 24.8 Å². The third kappa shape index (κ3) is 3.43. The highest BCUT2D eigenvalue weighted by molar-refractivity contribution is 5.03. The minimum atomic E-state index is -0.502. The van der Waals surface area contributed by atoms with Crippen molar-refractivity contribution in [3.63, 3.8) is 0 Å². The van der Waals surface area contributed by atoms with E-state index in [9.17, 15) is 5.11 Å². The van der Waals surface area contributed by atoms with E-state index in [0.29, 0.717) is 18.6 Å². The van der Waals surface area contributed by atoms with E-state index >= 15 is 0 Å². The Labute approximate surface area is 61.8 Å². The average molecular weight is 142 g/mol. The zero-order valence-electron chi connectivity index (χ0n) is 6.34. The molecule has 0 aromatic carbocycles. The highest BCUT2D eigenvalue weighted by Crippen LogP contribution is 2.03. The molecule has 0 amide bonds. The average Bonchev–Trinajstić information content (AvgIpc) is 1.89. The molecule has 0 saturated heterocycles. The Hall–Kier alpha value is -0.600. The second kappa shape index (κ2) is 5.21. The minimum absolute atomic E-state index is 0.412. The number of methoxy groups -OCH3 is 1. The quantitative estimate of drug-likeness (QED) is 0.583. The molecule has 0 rings (SSSR count). The first kappa shape index (κ1) is 9.40. The van der Waals surface area contributed by atoms with E-state index in [1.165, 1.54) is 0 Å². The maximum atomic E-state index is 9.20. The van der Waals surface area contributed by atoms with Crippen LogP contribution in [0.2, 0.25) is 0 Å². The summed E-state index contributed by atoms with van der Waals surface area (Å²) in [5.41, 5.74) is 0.697. The molecular formula is C8H14O2. The van der Waals surface area contributed by atoms with Gasteiger partial charge in [0.2, 0.25) is 0 Å². The molecule has 2 heteroatoms. The van der Waals surface area contributed by atoms with Crippen LogP contribution in [0.15, 0.2) is 24.8 Å². The first-order valence-electron chi connectivity index (χ1n) is 3.18. The lowest BCUT2D eigenvalue weighted by Gasteiger charge is -2.09. The fraction of sp³-hybridized carbons (Fsp3) is 0.500. The molecule has 0 aliphatic heterocycles. The Morgan fingerprint density at radius 3 is 2.80 bits per heavy atom. The lowest BCUT2D eigenvalue weighted by molar-refractivity contribution is 0.166. The van der Waals surface area contributed by atoms with Gasteiger partial charge in [0.1, 0.15) is 0 Å². The van der Waals surface area contributed by atoms with E-state index in [1.807, 2.05) is 0 Å². The summed E-state index contributed by atoms with van der Waals surface area (Å²) in [6.07, 6.45) is 1.70. The Kier molecular flexibility index (Phi) is 4.89. The Bertz CT molecular complexity index is 118. The maximum absolute atomic E-state index is 9.20. The molecule has 0 bridgehead atoms. The van der Waals surface area contributed by atoms with Crippen molar-refractivity contribution in [1.82, 2.24) is 0 Å². The van der Waals surface area contributed by atoms with Crippen molar-refractivity contribution in [3.8, 4) is 0 Å². The van der Waals surface area contributed by atoms with Gasteiger partial charge in [0.05, 0.1) is 12.7 Å². The van der Waals surface area contributed by atoms with Crippen LogP contribution in [0.5, 0.6) is 0 Å². The molecule has 2 nitrogen and oxygen atoms in total. The summed E-state index contributed by atoms with van der Waals surface area (Å²) in [5.74, 6) is 0. The Balaban J connectivity index is 3.58. The van der Waals surface area contributed by atoms with Gasteiger partial charge in [0.15, 0.2) is 0 Å². The van der Waals surface area contributed by atoms with Crippen LogP contribution >= 0.6 is 0 Å². The molecule has 1 N–H and O–H groups in total. The van der Waals surface area contributed by atoms with Crippen LogP contribution in [-0.4, -0.2) is 24.9 Å². The molecule has 0 aliphatic carbocycles. The van der Waals surface area contributed by atoms with Gasteiger partial charge in [0.25, 0.3) is 0 Å². The minimum Gasteiger partial charge on any atom is -0.388 e. The van der Waals surface area contributed by atoms with Crippen LogP contribution in [0.1, 0.15) is 6.42 Å². The fourth-order valence-electron chi connectivity index (χ4n) is 0.606. The number of hydrogen-bond acceptors (Lipinski definition) is 2. The second-order valence-corrected chi connectivity index (χ2v) is 2.13. The van der Waals surface area contributed by atoms with E-state index < -0.39 is 6.10 Å². The number of aliphatic hydroxyl groups excluding tert-OH is 1. The van der Waals surface area contributed by atoms with Gasteiger partial charge in [-0.3, -0.25) is 0 Å². The monoisotopic (exact) mass is 142 g/mol. The molecule has 0 heterocycles. The van der Waals surface area contributed by atoms with Gasteiger partial charge in [-0.15, -0.1) is 6.58 Å². The molecular weight excluding hydrogens is 128 g/mol. The highest BCUT2D eigenvalue weighted by atomic mass is 16.5. The normalized spacial score (nSPS) is 12.6. The maximum Gasteiger partial charge on any atom is 0.0803 e. The van der Waals surface area contributed by atoms with Crippen molar-refractivity contribution in [2.45, 2.75) is 12.5 Å². The predicted molar refractivity (Wildman–Crippen MR) is 41.8 cm³/mol. The summed E-state index contributed by atoms with van der Waals surface area (Å²) < 4.78 is 4.78. The van der Waals surface area contributed by atoms with Crippen LogP contribution in [0, 0.1) is 0 Å². The van der Waals surface area contributed by atoms with Gasteiger partial charge in [-0.1, -0.05) is 12.7 Å². The summed E-state index contributed by atoms with van der Waals surface area (Å²) in [7, 11) is 1.58. The van der Waals surface area contributed by atoms with E-state index in [1.54, 1.807) is 13.2 Å². The largest absolute Gasteiger partial charge is 0.388 e. The van der Waals surface area contributed by atoms with Crippen molar-refractivity contribution >= 4 is 0 Å². The van der Waals surface area contributed by atoms with Crippen molar-refractivity contribution in [2.75, 3.05) is 13.7 Å². The lowest BCUT2D eigenvalue weighted by Crippen LogP contribution is -2.11. The highest BCUT2D eigenvalue weighted by Gasteiger charge is 2.04. The first-order valence-corrected chi connectivity index (χ1v) is 3.18. The summed E-state index contributed by atoms with van der Waals surface area (Å²) >= 11 is 0. The zero-order chi connectivity index (χ0) is 7.98. The van der Waals surface area contributed by atoms with Gasteiger partial charge >= 0.3 is 0 Å². The second-order valence-electron chi connectivity index (χ2n) is 2.13. The number of aliphatic hydroxyl groups is 1. The van der Waals surface area contributed by atoms with E-state index in [-0.39, 0.29) is 0 Å². The molecule has 0 aromatic rings. The molecule has 1 atom stereocenters. The molecule has 0 aliphatic rings. The molecule has 0 fully saturated rings. The molecule has 58 valence electrons. The molecule has 0 saturated carbocycles. The third-order valence-electron chi connectivity index (χ3n) is 1.19. The van der Waals surface area contributed by atoms with Gasteiger partial charge in [0, 0.05) is 7.11 Å². The molecule has 1 unspecified atom stereocenters. The summed E-state index contributed by atoms with van der Waals surface area (Å²) in [6.45, 7) is 7.55. The Morgan fingerprint density at radius 2 is 2.40 bits per heavy atom. The van der Waals surface area contributed by atoms with E-state index in [4.69, 9.17) is 4.74 Å². The SMILES string of the molecule is C=CCC(O)C(=C)COC. The van der Waals surface area contributed by atoms with Crippen molar-refractivity contribution in [1.29, 1.82) is 0 Å². The summed E-state index contributed by atoms with van der Waals surface area (Å²) in [4.78, 5) is 0. The summed E-state index contributed by atoms with van der Waals surface area (Å²) in [5, 5.41) is 9.20. The van der Waals surface area contributed by atoms with Crippen LogP contribution < -0.4 is 0 Å². The van der Waals surface area contributed by atoms with Gasteiger partial charge in [-0.25, -0.2) is 0 Å². The zero-order valence-corrected chi connectivity index (χ0v) is 6.34. The van der Waals surface area contributed by atoms with E-state index in [0.717, 1.165) is 0 Å². The van der Waals surface area contributed by atoms with Crippen molar-refractivity contribution < 1.29 is 9.84 Å². The van der Waals surface area contributed by atoms with Gasteiger partial charge in [-0.05, 0) is 12.0 Å². The van der Waals surface area contributed by atoms with Crippen molar-refractivity contribution in [2.24, 2.45) is 0 Å².